The first kappa shape index (κ1) is 17.9. The highest BCUT2D eigenvalue weighted by Gasteiger charge is 2.21. The van der Waals surface area contributed by atoms with E-state index in [0.29, 0.717) is 0 Å². The standard InChI is InChI=1S/C24H22FN/c1-5-20-22(17-12-14-19(25)15-13-17)21(6-2)24(26-23(20)16(3)4)18-10-8-7-9-11-18/h1,7-16H,6H2,2-4H3. The Morgan fingerprint density at radius 2 is 1.65 bits per heavy atom. The molecular formula is C24H22FN. The van der Waals surface area contributed by atoms with Crippen molar-refractivity contribution in [2.45, 2.75) is 33.1 Å². The van der Waals surface area contributed by atoms with E-state index in [9.17, 15) is 4.39 Å². The summed E-state index contributed by atoms with van der Waals surface area (Å²) in [7, 11) is 0. The van der Waals surface area contributed by atoms with Crippen LogP contribution in [0.2, 0.25) is 0 Å². The first-order chi connectivity index (χ1) is 12.6. The zero-order valence-corrected chi connectivity index (χ0v) is 15.4. The molecule has 0 N–H and O–H groups in total. The molecule has 0 saturated heterocycles. The quantitative estimate of drug-likeness (QED) is 0.512. The van der Waals surface area contributed by atoms with Crippen molar-refractivity contribution in [3.63, 3.8) is 0 Å². The lowest BCUT2D eigenvalue weighted by molar-refractivity contribution is 0.628. The van der Waals surface area contributed by atoms with Crippen molar-refractivity contribution in [1.29, 1.82) is 0 Å². The van der Waals surface area contributed by atoms with Crippen molar-refractivity contribution in [3.05, 3.63) is 77.2 Å². The predicted octanol–water partition coefficient (Wildman–Crippen LogP) is 6.22. The largest absolute Gasteiger partial charge is 0.251 e. The summed E-state index contributed by atoms with van der Waals surface area (Å²) in [5.74, 6) is 2.79. The topological polar surface area (TPSA) is 12.9 Å². The molecule has 3 rings (SSSR count). The highest BCUT2D eigenvalue weighted by atomic mass is 19.1. The lowest BCUT2D eigenvalue weighted by Gasteiger charge is -2.20. The third-order valence-electron chi connectivity index (χ3n) is 4.55. The van der Waals surface area contributed by atoms with Crippen LogP contribution in [0.25, 0.3) is 22.4 Å². The number of halogens is 1. The van der Waals surface area contributed by atoms with Crippen LogP contribution in [0.3, 0.4) is 0 Å². The average molecular weight is 343 g/mol. The second-order valence-corrected chi connectivity index (χ2v) is 6.60. The second kappa shape index (κ2) is 7.54. The number of benzene rings is 2. The number of aromatic nitrogens is 1. The molecule has 130 valence electrons. The van der Waals surface area contributed by atoms with Gasteiger partial charge in [-0.15, -0.1) is 6.42 Å². The summed E-state index contributed by atoms with van der Waals surface area (Å²) in [5.41, 5.74) is 6.75. The number of pyridine rings is 1. The molecule has 0 aliphatic rings. The molecule has 0 spiro atoms. The molecule has 2 heteroatoms. The molecular weight excluding hydrogens is 321 g/mol. The third-order valence-corrected chi connectivity index (χ3v) is 4.55. The summed E-state index contributed by atoms with van der Waals surface area (Å²) in [6.07, 6.45) is 6.69. The molecule has 0 aliphatic heterocycles. The maximum absolute atomic E-state index is 13.5. The summed E-state index contributed by atoms with van der Waals surface area (Å²) in [6.45, 7) is 6.29. The molecule has 0 aliphatic carbocycles. The Morgan fingerprint density at radius 3 is 2.19 bits per heavy atom. The Bertz CT molecular complexity index is 948. The lowest BCUT2D eigenvalue weighted by Crippen LogP contribution is -2.07. The van der Waals surface area contributed by atoms with Gasteiger partial charge in [0.2, 0.25) is 0 Å². The maximum Gasteiger partial charge on any atom is 0.123 e. The van der Waals surface area contributed by atoms with E-state index in [2.05, 4.69) is 38.8 Å². The van der Waals surface area contributed by atoms with Gasteiger partial charge in [-0.05, 0) is 35.6 Å². The first-order valence-electron chi connectivity index (χ1n) is 8.91. The molecule has 0 saturated carbocycles. The fourth-order valence-electron chi connectivity index (χ4n) is 3.32. The van der Waals surface area contributed by atoms with Crippen LogP contribution in [0.5, 0.6) is 0 Å². The van der Waals surface area contributed by atoms with Crippen LogP contribution in [-0.4, -0.2) is 4.98 Å². The van der Waals surface area contributed by atoms with Crippen molar-refractivity contribution in [2.24, 2.45) is 0 Å². The first-order valence-corrected chi connectivity index (χ1v) is 8.91. The van der Waals surface area contributed by atoms with E-state index in [0.717, 1.165) is 45.6 Å². The molecule has 2 aromatic carbocycles. The van der Waals surface area contributed by atoms with Crippen LogP contribution in [0.1, 0.15) is 43.5 Å². The monoisotopic (exact) mass is 343 g/mol. The SMILES string of the molecule is C#Cc1c(C(C)C)nc(-c2ccccc2)c(CC)c1-c1ccc(F)cc1. The number of nitrogens with zero attached hydrogens (tertiary/aromatic N) is 1. The third kappa shape index (κ3) is 3.26. The second-order valence-electron chi connectivity index (χ2n) is 6.60. The predicted molar refractivity (Wildman–Crippen MR) is 106 cm³/mol. The number of rotatable bonds is 4. The minimum absolute atomic E-state index is 0.189. The van der Waals surface area contributed by atoms with E-state index in [-0.39, 0.29) is 11.7 Å². The van der Waals surface area contributed by atoms with E-state index in [4.69, 9.17) is 11.4 Å². The fraction of sp³-hybridized carbons (Fsp3) is 0.208. The highest BCUT2D eigenvalue weighted by Crippen LogP contribution is 2.37. The van der Waals surface area contributed by atoms with Gasteiger partial charge in [0.15, 0.2) is 0 Å². The Hall–Kier alpha value is -2.92. The molecule has 1 heterocycles. The van der Waals surface area contributed by atoms with Crippen molar-refractivity contribution >= 4 is 0 Å². The number of terminal acetylenes is 1. The summed E-state index contributed by atoms with van der Waals surface area (Å²) >= 11 is 0. The molecule has 0 unspecified atom stereocenters. The lowest BCUT2D eigenvalue weighted by atomic mass is 9.87. The van der Waals surface area contributed by atoms with Gasteiger partial charge in [0, 0.05) is 11.1 Å². The van der Waals surface area contributed by atoms with E-state index in [1.165, 1.54) is 12.1 Å². The van der Waals surface area contributed by atoms with Gasteiger partial charge in [0.05, 0.1) is 17.0 Å². The Labute approximate surface area is 154 Å². The number of hydrogen-bond acceptors (Lipinski definition) is 1. The normalized spacial score (nSPS) is 10.8. The van der Waals surface area contributed by atoms with Gasteiger partial charge in [-0.1, -0.05) is 69.2 Å². The van der Waals surface area contributed by atoms with Crippen LogP contribution >= 0.6 is 0 Å². The van der Waals surface area contributed by atoms with E-state index in [1.807, 2.05) is 18.2 Å². The summed E-state index contributed by atoms with van der Waals surface area (Å²) < 4.78 is 13.5. The average Bonchev–Trinajstić information content (AvgIpc) is 2.67. The van der Waals surface area contributed by atoms with Crippen LogP contribution in [0.4, 0.5) is 4.39 Å². The fourth-order valence-corrected chi connectivity index (χ4v) is 3.32. The van der Waals surface area contributed by atoms with Gasteiger partial charge in [0.1, 0.15) is 5.82 Å². The van der Waals surface area contributed by atoms with E-state index in [1.54, 1.807) is 12.1 Å². The zero-order chi connectivity index (χ0) is 18.7. The molecule has 26 heavy (non-hydrogen) atoms. The van der Waals surface area contributed by atoms with Gasteiger partial charge in [-0.2, -0.15) is 0 Å². The Balaban J connectivity index is 2.41. The zero-order valence-electron chi connectivity index (χ0n) is 15.4. The van der Waals surface area contributed by atoms with Crippen LogP contribution < -0.4 is 0 Å². The van der Waals surface area contributed by atoms with E-state index < -0.39 is 0 Å². The van der Waals surface area contributed by atoms with Gasteiger partial charge in [-0.25, -0.2) is 4.39 Å². The van der Waals surface area contributed by atoms with E-state index >= 15 is 0 Å². The smallest absolute Gasteiger partial charge is 0.123 e. The highest BCUT2D eigenvalue weighted by molar-refractivity contribution is 5.82. The molecule has 0 bridgehead atoms. The molecule has 0 radical (unpaired) electrons. The Kier molecular flexibility index (Phi) is 5.19. The van der Waals surface area contributed by atoms with Crippen molar-refractivity contribution in [3.8, 4) is 34.7 Å². The van der Waals surface area contributed by atoms with Crippen LogP contribution in [0.15, 0.2) is 54.6 Å². The van der Waals surface area contributed by atoms with Gasteiger partial charge >= 0.3 is 0 Å². The molecule has 0 atom stereocenters. The minimum atomic E-state index is -0.254. The Morgan fingerprint density at radius 1 is 1.00 bits per heavy atom. The van der Waals surface area contributed by atoms with Crippen molar-refractivity contribution in [2.75, 3.05) is 0 Å². The molecule has 0 fully saturated rings. The number of hydrogen-bond donors (Lipinski definition) is 0. The van der Waals surface area contributed by atoms with Gasteiger partial charge in [-0.3, -0.25) is 4.98 Å². The molecule has 1 aromatic heterocycles. The van der Waals surface area contributed by atoms with Crippen LogP contribution in [0, 0.1) is 18.2 Å². The van der Waals surface area contributed by atoms with Crippen LogP contribution in [-0.2, 0) is 6.42 Å². The van der Waals surface area contributed by atoms with Crippen molar-refractivity contribution < 1.29 is 4.39 Å². The van der Waals surface area contributed by atoms with Crippen molar-refractivity contribution in [1.82, 2.24) is 4.98 Å². The molecule has 3 aromatic rings. The summed E-state index contributed by atoms with van der Waals surface area (Å²) in [6, 6.07) is 16.7. The van der Waals surface area contributed by atoms with Gasteiger partial charge in [0.25, 0.3) is 0 Å². The molecule has 0 amide bonds. The summed E-state index contributed by atoms with van der Waals surface area (Å²) in [5, 5.41) is 0. The minimum Gasteiger partial charge on any atom is -0.251 e. The molecule has 1 nitrogen and oxygen atoms in total. The summed E-state index contributed by atoms with van der Waals surface area (Å²) in [4.78, 5) is 4.97. The van der Waals surface area contributed by atoms with Gasteiger partial charge < -0.3 is 0 Å². The maximum atomic E-state index is 13.5.